The lowest BCUT2D eigenvalue weighted by molar-refractivity contribution is -0.155. The first kappa shape index (κ1) is 45.9. The molecule has 342 valence electrons. The van der Waals surface area contributed by atoms with Crippen molar-refractivity contribution >= 4 is 52.4 Å². The quantitative estimate of drug-likeness (QED) is 0.0788. The molecule has 1 saturated heterocycles. The van der Waals surface area contributed by atoms with Crippen molar-refractivity contribution in [3.05, 3.63) is 76.9 Å². The van der Waals surface area contributed by atoms with Crippen molar-refractivity contribution in [1.82, 2.24) is 14.9 Å². The summed E-state index contributed by atoms with van der Waals surface area (Å²) in [6, 6.07) is 10.9. The molecule has 4 heterocycles. The Kier molecular flexibility index (Phi) is 13.9. The van der Waals surface area contributed by atoms with Gasteiger partial charge < -0.3 is 34.1 Å². The van der Waals surface area contributed by atoms with Crippen molar-refractivity contribution in [3.8, 4) is 22.9 Å². The summed E-state index contributed by atoms with van der Waals surface area (Å²) in [5.74, 6) is -2.19. The van der Waals surface area contributed by atoms with Gasteiger partial charge in [-0.15, -0.1) is 11.3 Å². The Balaban J connectivity index is 1.14. The number of aryl methyl sites for hydroxylation is 1. The number of halogens is 1. The van der Waals surface area contributed by atoms with Crippen LogP contribution in [0, 0.1) is 24.6 Å². The van der Waals surface area contributed by atoms with Crippen LogP contribution in [-0.2, 0) is 34.6 Å². The van der Waals surface area contributed by atoms with Gasteiger partial charge in [-0.05, 0) is 95.4 Å². The first-order chi connectivity index (χ1) is 30.7. The second-order valence-electron chi connectivity index (χ2n) is 18.1. The largest absolute Gasteiger partial charge is 0.497 e. The zero-order chi connectivity index (χ0) is 45.2. The van der Waals surface area contributed by atoms with Crippen molar-refractivity contribution in [1.29, 1.82) is 0 Å². The monoisotopic (exact) mass is 916 g/mol. The van der Waals surface area contributed by atoms with Crippen LogP contribution in [0.2, 0.25) is 0 Å². The number of amides is 1. The lowest BCUT2D eigenvalue weighted by Gasteiger charge is -2.30. The highest BCUT2D eigenvalue weighted by Gasteiger charge is 2.65. The van der Waals surface area contributed by atoms with Crippen LogP contribution in [0.5, 0.6) is 11.5 Å². The molecule has 1 unspecified atom stereocenters. The van der Waals surface area contributed by atoms with E-state index in [9.17, 15) is 23.8 Å². The minimum absolute atomic E-state index is 0.000583. The molecule has 2 aliphatic carbocycles. The third kappa shape index (κ3) is 10.1. The molecule has 2 N–H and O–H groups in total. The molecule has 2 aromatic heterocycles. The Labute approximate surface area is 377 Å². The summed E-state index contributed by atoms with van der Waals surface area (Å²) < 4.78 is 54.1. The lowest BCUT2D eigenvalue weighted by Crippen LogP contribution is -2.46. The molecule has 2 aromatic carbocycles. The zero-order valence-corrected chi connectivity index (χ0v) is 38.6. The minimum atomic E-state index is -4.25. The van der Waals surface area contributed by atoms with Crippen LogP contribution in [-0.4, -0.2) is 93.7 Å². The van der Waals surface area contributed by atoms with Crippen molar-refractivity contribution in [2.75, 3.05) is 32.2 Å². The molecular formula is C48H58FN4O9PS. The maximum Gasteiger partial charge on any atom is 0.306 e. The number of hydrogen-bond donors (Lipinski definition) is 2. The number of nitrogens with one attached hydrogen (secondary N) is 1. The van der Waals surface area contributed by atoms with Gasteiger partial charge in [-0.2, -0.15) is 0 Å². The summed E-state index contributed by atoms with van der Waals surface area (Å²) in [7, 11) is -2.68. The van der Waals surface area contributed by atoms with E-state index in [4.69, 9.17) is 28.9 Å². The number of carbonyl (C=O) groups is 3. The van der Waals surface area contributed by atoms with Crippen LogP contribution in [0.15, 0.2) is 60.0 Å². The Morgan fingerprint density at radius 3 is 2.69 bits per heavy atom. The number of carbonyl (C=O) groups excluding carboxylic acids is 3. The minimum Gasteiger partial charge on any atom is -0.497 e. The number of nitrogens with zero attached hydrogens (tertiary/aromatic N) is 3. The highest BCUT2D eigenvalue weighted by atomic mass is 32.1. The second-order valence-corrected chi connectivity index (χ2v) is 21.6. The number of aromatic nitrogens is 2. The van der Waals surface area contributed by atoms with Gasteiger partial charge in [0.2, 0.25) is 13.3 Å². The van der Waals surface area contributed by atoms with Crippen molar-refractivity contribution < 1.29 is 47.2 Å². The van der Waals surface area contributed by atoms with E-state index < -0.39 is 66.1 Å². The Morgan fingerprint density at radius 1 is 1.11 bits per heavy atom. The number of pyridine rings is 1. The predicted molar refractivity (Wildman–Crippen MR) is 243 cm³/mol. The Morgan fingerprint density at radius 2 is 1.92 bits per heavy atom. The fraction of sp³-hybridized carbons (Fsp3) is 0.521. The van der Waals surface area contributed by atoms with Gasteiger partial charge in [0.1, 0.15) is 35.2 Å². The van der Waals surface area contributed by atoms with Crippen LogP contribution in [0.1, 0.15) is 89.2 Å². The fourth-order valence-electron chi connectivity index (χ4n) is 9.49. The molecule has 64 heavy (non-hydrogen) atoms. The normalized spacial score (nSPS) is 25.8. The maximum absolute atomic E-state index is 15.2. The van der Waals surface area contributed by atoms with E-state index in [0.29, 0.717) is 58.8 Å². The van der Waals surface area contributed by atoms with E-state index in [2.05, 4.69) is 5.32 Å². The smallest absolute Gasteiger partial charge is 0.306 e. The van der Waals surface area contributed by atoms with E-state index in [-0.39, 0.29) is 56.5 Å². The van der Waals surface area contributed by atoms with E-state index in [0.717, 1.165) is 30.8 Å². The van der Waals surface area contributed by atoms with Crippen molar-refractivity contribution in [2.24, 2.45) is 11.8 Å². The van der Waals surface area contributed by atoms with Crippen LogP contribution >= 0.6 is 18.7 Å². The average Bonchev–Trinajstić information content (AvgIpc) is 3.67. The summed E-state index contributed by atoms with van der Waals surface area (Å²) in [5.41, 5.74) is 2.49. The topological polar surface area (TPSA) is 166 Å². The van der Waals surface area contributed by atoms with E-state index >= 15 is 4.39 Å². The molecule has 2 aliphatic heterocycles. The predicted octanol–water partition coefficient (Wildman–Crippen LogP) is 9.03. The third-order valence-electron chi connectivity index (χ3n) is 13.1. The first-order valence-corrected chi connectivity index (χ1v) is 25.2. The number of allylic oxidation sites excluding steroid dienone is 2. The number of fused-ring (bicyclic) bond motifs is 3. The van der Waals surface area contributed by atoms with Crippen LogP contribution in [0.3, 0.4) is 0 Å². The van der Waals surface area contributed by atoms with Crippen LogP contribution < -0.4 is 14.8 Å². The molecule has 13 nitrogen and oxygen atoms in total. The van der Waals surface area contributed by atoms with Gasteiger partial charge in [-0.1, -0.05) is 24.3 Å². The molecule has 0 bridgehead atoms. The lowest BCUT2D eigenvalue weighted by atomic mass is 10.00. The van der Waals surface area contributed by atoms with Crippen LogP contribution in [0.4, 0.5) is 9.52 Å². The number of ether oxygens (including phenoxy) is 4. The maximum atomic E-state index is 15.2. The first-order valence-electron chi connectivity index (χ1n) is 22.4. The molecular weight excluding hydrogens is 859 g/mol. The molecule has 2 saturated carbocycles. The number of methoxy groups -OCH3 is 1. The molecule has 16 heteroatoms. The van der Waals surface area contributed by atoms with Gasteiger partial charge in [-0.3, -0.25) is 18.9 Å². The molecule has 0 radical (unpaired) electrons. The van der Waals surface area contributed by atoms with Gasteiger partial charge in [0.15, 0.2) is 10.9 Å². The summed E-state index contributed by atoms with van der Waals surface area (Å²) in [4.78, 5) is 66.5. The average molecular weight is 917 g/mol. The zero-order valence-electron chi connectivity index (χ0n) is 36.9. The van der Waals surface area contributed by atoms with Crippen LogP contribution in [0.25, 0.3) is 22.3 Å². The Bertz CT molecular complexity index is 2440. The molecule has 3 fully saturated rings. The number of esters is 1. The third-order valence-corrected chi connectivity index (χ3v) is 16.7. The summed E-state index contributed by atoms with van der Waals surface area (Å²) in [6.45, 7) is 6.04. The highest BCUT2D eigenvalue weighted by Crippen LogP contribution is 2.74. The molecule has 1 amide bonds. The van der Waals surface area contributed by atoms with E-state index in [1.165, 1.54) is 22.3 Å². The number of thiazole rings is 1. The van der Waals surface area contributed by atoms with E-state index in [1.54, 1.807) is 38.3 Å². The van der Waals surface area contributed by atoms with Gasteiger partial charge >= 0.3 is 5.97 Å². The fourth-order valence-corrected chi connectivity index (χ4v) is 13.0. The van der Waals surface area contributed by atoms with Gasteiger partial charge in [-0.25, -0.2) is 14.4 Å². The van der Waals surface area contributed by atoms with E-state index in [1.807, 2.05) is 43.5 Å². The van der Waals surface area contributed by atoms with Gasteiger partial charge in [0.05, 0.1) is 61.2 Å². The number of benzene rings is 2. The molecule has 0 spiro atoms. The second kappa shape index (κ2) is 19.4. The SMILES string of the molecule is COc1ccc2c(O[C@@H]3C[C@H]4C(=O)C[C@]5(P(=O)(O)Cc6c(C)cccc6F)C[C@@H]5/C=C\CCCOC[C@H](CC(=O)OC5CCCC5)C(=O)N4C3)cc(-c3csc(NC(C)C)n3)nc2c1. The number of ketones is 1. The summed E-state index contributed by atoms with van der Waals surface area (Å²) in [5, 5.41) is 5.32. The summed E-state index contributed by atoms with van der Waals surface area (Å²) >= 11 is 1.46. The van der Waals surface area contributed by atoms with Gasteiger partial charge in [0.25, 0.3) is 0 Å². The standard InChI is InChI=1S/C48H58FN4O9PS/c1-29(2)50-47-52-41(28-64-47)40-22-44(36-17-16-34(59-4)20-39(36)51-40)61-35-21-42-43(54)24-48(63(57,58)27-37-30(3)11-10-15-38(37)49)23-32(48)12-6-5-9-18-60-26-31(46(56)53(42)25-35)19-45(55)62-33-13-7-8-14-33/h6,10-12,15-17,20,22,28-29,31-33,35,42H,5,7-9,13-14,18-19,21,23-27H2,1-4H3,(H,50,52)(H,57,58)/b12-6-/t31-,32-,35+,42-,48+/m0/s1. The number of rotatable bonds is 12. The number of Topliss-reactive ketones (excluding diaryl/α,β-unsaturated/α-hetero) is 1. The number of anilines is 1. The van der Waals surface area contributed by atoms with Gasteiger partial charge in [0, 0.05) is 54.0 Å². The summed E-state index contributed by atoms with van der Waals surface area (Å²) in [6.07, 6.45) is 7.08. The molecule has 4 aliphatic rings. The molecule has 4 aromatic rings. The van der Waals surface area contributed by atoms with Crippen molar-refractivity contribution in [2.45, 2.75) is 121 Å². The van der Waals surface area contributed by atoms with Crippen molar-refractivity contribution in [3.63, 3.8) is 0 Å². The number of hydrogen-bond acceptors (Lipinski definition) is 12. The Hall–Kier alpha value is -4.69. The molecule has 8 rings (SSSR count). The molecule has 6 atom stereocenters. The highest BCUT2D eigenvalue weighted by molar-refractivity contribution is 7.59.